The molecule has 1 aromatic heterocycles. The molecule has 0 saturated heterocycles. The van der Waals surface area contributed by atoms with Crippen LogP contribution in [0, 0.1) is 0 Å². The van der Waals surface area contributed by atoms with Crippen LogP contribution in [0.2, 0.25) is 0 Å². The molecule has 2 aromatic carbocycles. The van der Waals surface area contributed by atoms with E-state index in [-0.39, 0.29) is 21.9 Å². The highest BCUT2D eigenvalue weighted by Crippen LogP contribution is 2.16. The number of para-hydroxylation sites is 1. The van der Waals surface area contributed by atoms with Gasteiger partial charge < -0.3 is 10.3 Å². The molecule has 0 bridgehead atoms. The maximum Gasteiger partial charge on any atom is 0.261 e. The summed E-state index contributed by atoms with van der Waals surface area (Å²) in [6.45, 7) is 3.67. The van der Waals surface area contributed by atoms with Crippen molar-refractivity contribution in [2.24, 2.45) is 0 Å². The molecular weight excluding hydrogens is 378 g/mol. The zero-order valence-corrected chi connectivity index (χ0v) is 16.3. The highest BCUT2D eigenvalue weighted by Gasteiger charge is 2.17. The van der Waals surface area contributed by atoms with Crippen LogP contribution in [-0.4, -0.2) is 25.4 Å². The molecule has 3 rings (SSSR count). The second kappa shape index (κ2) is 7.95. The number of hydrogen-bond acceptors (Lipinski definition) is 4. The number of H-pyrrole nitrogens is 1. The summed E-state index contributed by atoms with van der Waals surface area (Å²) >= 11 is 0. The number of aromatic amines is 1. The van der Waals surface area contributed by atoms with Crippen molar-refractivity contribution in [3.63, 3.8) is 0 Å². The summed E-state index contributed by atoms with van der Waals surface area (Å²) in [5.74, 6) is -0.569. The molecule has 3 aromatic rings. The number of pyridine rings is 1. The smallest absolute Gasteiger partial charge is 0.261 e. The van der Waals surface area contributed by atoms with E-state index in [0.29, 0.717) is 23.0 Å². The highest BCUT2D eigenvalue weighted by atomic mass is 32.2. The summed E-state index contributed by atoms with van der Waals surface area (Å²) < 4.78 is 27.1. The van der Waals surface area contributed by atoms with E-state index in [0.717, 1.165) is 0 Å². The zero-order valence-electron chi connectivity index (χ0n) is 15.5. The Hall–Kier alpha value is -2.97. The molecule has 1 unspecified atom stereocenters. The Labute approximate surface area is 162 Å². The van der Waals surface area contributed by atoms with Gasteiger partial charge in [-0.05, 0) is 49.7 Å². The van der Waals surface area contributed by atoms with Gasteiger partial charge in [-0.25, -0.2) is 13.1 Å². The van der Waals surface area contributed by atoms with Crippen molar-refractivity contribution in [1.29, 1.82) is 0 Å². The lowest BCUT2D eigenvalue weighted by Crippen LogP contribution is -2.31. The Balaban J connectivity index is 1.80. The van der Waals surface area contributed by atoms with Crippen LogP contribution in [-0.2, 0) is 10.0 Å². The molecule has 1 atom stereocenters. The van der Waals surface area contributed by atoms with Crippen molar-refractivity contribution in [2.75, 3.05) is 5.32 Å². The summed E-state index contributed by atoms with van der Waals surface area (Å²) in [7, 11) is -3.62. The topological polar surface area (TPSA) is 108 Å². The lowest BCUT2D eigenvalue weighted by atomic mass is 10.1. The van der Waals surface area contributed by atoms with Gasteiger partial charge in [0.25, 0.3) is 5.91 Å². The Bertz CT molecular complexity index is 1170. The molecule has 8 heteroatoms. The monoisotopic (exact) mass is 399 g/mol. The SMILES string of the molecule is CCC(C)NS(=O)(=O)c1ccc(NC(=O)c2c[nH]c3ccccc3c2=O)cc1. The zero-order chi connectivity index (χ0) is 20.3. The fourth-order valence-corrected chi connectivity index (χ4v) is 4.00. The minimum Gasteiger partial charge on any atom is -0.360 e. The van der Waals surface area contributed by atoms with Gasteiger partial charge in [0.15, 0.2) is 0 Å². The van der Waals surface area contributed by atoms with Gasteiger partial charge in [0, 0.05) is 28.8 Å². The van der Waals surface area contributed by atoms with Gasteiger partial charge in [-0.15, -0.1) is 0 Å². The molecule has 1 amide bonds. The molecule has 3 N–H and O–H groups in total. The maximum atomic E-state index is 12.5. The molecule has 0 spiro atoms. The molecule has 0 radical (unpaired) electrons. The average Bonchev–Trinajstić information content (AvgIpc) is 2.68. The van der Waals surface area contributed by atoms with Crippen LogP contribution < -0.4 is 15.5 Å². The van der Waals surface area contributed by atoms with Crippen molar-refractivity contribution >= 4 is 32.5 Å². The van der Waals surface area contributed by atoms with Gasteiger partial charge in [-0.3, -0.25) is 9.59 Å². The highest BCUT2D eigenvalue weighted by molar-refractivity contribution is 7.89. The number of rotatable bonds is 6. The van der Waals surface area contributed by atoms with E-state index in [1.165, 1.54) is 30.5 Å². The molecule has 28 heavy (non-hydrogen) atoms. The summed E-state index contributed by atoms with van der Waals surface area (Å²) in [5.41, 5.74) is 0.644. The fraction of sp³-hybridized carbons (Fsp3) is 0.200. The Morgan fingerprint density at radius 2 is 1.79 bits per heavy atom. The van der Waals surface area contributed by atoms with Gasteiger partial charge in [-0.1, -0.05) is 19.1 Å². The Kier molecular flexibility index (Phi) is 5.62. The van der Waals surface area contributed by atoms with Crippen molar-refractivity contribution in [3.8, 4) is 0 Å². The second-order valence-corrected chi connectivity index (χ2v) is 8.20. The lowest BCUT2D eigenvalue weighted by Gasteiger charge is -2.12. The Morgan fingerprint density at radius 1 is 1.11 bits per heavy atom. The number of carbonyl (C=O) groups excluding carboxylic acids is 1. The first-order chi connectivity index (χ1) is 13.3. The molecule has 0 fully saturated rings. The summed E-state index contributed by atoms with van der Waals surface area (Å²) in [5, 5.41) is 3.04. The Morgan fingerprint density at radius 3 is 2.46 bits per heavy atom. The van der Waals surface area contributed by atoms with Crippen molar-refractivity contribution in [2.45, 2.75) is 31.2 Å². The number of anilines is 1. The van der Waals surface area contributed by atoms with Gasteiger partial charge in [0.2, 0.25) is 15.5 Å². The molecule has 146 valence electrons. The number of nitrogens with one attached hydrogen (secondary N) is 3. The van der Waals surface area contributed by atoms with E-state index in [9.17, 15) is 18.0 Å². The molecule has 0 aliphatic heterocycles. The van der Waals surface area contributed by atoms with E-state index < -0.39 is 15.9 Å². The number of fused-ring (bicyclic) bond motifs is 1. The molecule has 0 aliphatic carbocycles. The van der Waals surface area contributed by atoms with Crippen molar-refractivity contribution in [1.82, 2.24) is 9.71 Å². The first-order valence-electron chi connectivity index (χ1n) is 8.86. The number of amides is 1. The third kappa shape index (κ3) is 4.13. The van der Waals surface area contributed by atoms with E-state index in [2.05, 4.69) is 15.0 Å². The van der Waals surface area contributed by atoms with E-state index in [1.807, 2.05) is 6.92 Å². The van der Waals surface area contributed by atoms with E-state index in [1.54, 1.807) is 31.2 Å². The van der Waals surface area contributed by atoms with Gasteiger partial charge in [0.05, 0.1) is 4.90 Å². The fourth-order valence-electron chi connectivity index (χ4n) is 2.67. The van der Waals surface area contributed by atoms with Gasteiger partial charge >= 0.3 is 0 Å². The largest absolute Gasteiger partial charge is 0.360 e. The minimum atomic E-state index is -3.62. The van der Waals surface area contributed by atoms with Crippen molar-refractivity contribution in [3.05, 3.63) is 70.5 Å². The van der Waals surface area contributed by atoms with Gasteiger partial charge in [-0.2, -0.15) is 0 Å². The number of sulfonamides is 1. The van der Waals surface area contributed by atoms with Crippen LogP contribution >= 0.6 is 0 Å². The number of aromatic nitrogens is 1. The molecule has 1 heterocycles. The number of benzene rings is 2. The van der Waals surface area contributed by atoms with Crippen LogP contribution in [0.4, 0.5) is 5.69 Å². The standard InChI is InChI=1S/C20H21N3O4S/c1-3-13(2)23-28(26,27)15-10-8-14(9-11-15)22-20(25)17-12-21-18-7-5-4-6-16(18)19(17)24/h4-13,23H,3H2,1-2H3,(H,21,24)(H,22,25). The minimum absolute atomic E-state index is 0.0196. The summed E-state index contributed by atoms with van der Waals surface area (Å²) in [4.78, 5) is 28.0. The number of hydrogen-bond donors (Lipinski definition) is 3. The molecule has 0 saturated carbocycles. The van der Waals surface area contributed by atoms with Crippen LogP contribution in [0.1, 0.15) is 30.6 Å². The third-order valence-corrected chi connectivity index (χ3v) is 6.03. The predicted molar refractivity (Wildman–Crippen MR) is 109 cm³/mol. The van der Waals surface area contributed by atoms with Crippen LogP contribution in [0.25, 0.3) is 10.9 Å². The predicted octanol–water partition coefficient (Wildman–Crippen LogP) is 2.86. The van der Waals surface area contributed by atoms with Crippen LogP contribution in [0.15, 0.2) is 64.4 Å². The second-order valence-electron chi connectivity index (χ2n) is 6.49. The van der Waals surface area contributed by atoms with Gasteiger partial charge in [0.1, 0.15) is 5.56 Å². The average molecular weight is 399 g/mol. The van der Waals surface area contributed by atoms with Crippen molar-refractivity contribution < 1.29 is 13.2 Å². The first kappa shape index (κ1) is 19.8. The summed E-state index contributed by atoms with van der Waals surface area (Å²) in [6, 6.07) is 12.5. The summed E-state index contributed by atoms with van der Waals surface area (Å²) in [6.07, 6.45) is 2.04. The van der Waals surface area contributed by atoms with Crippen LogP contribution in [0.3, 0.4) is 0 Å². The third-order valence-electron chi connectivity index (χ3n) is 4.42. The number of carbonyl (C=O) groups is 1. The normalized spacial score (nSPS) is 12.6. The van der Waals surface area contributed by atoms with E-state index in [4.69, 9.17) is 0 Å². The van der Waals surface area contributed by atoms with E-state index >= 15 is 0 Å². The lowest BCUT2D eigenvalue weighted by molar-refractivity contribution is 0.102. The molecule has 7 nitrogen and oxygen atoms in total. The molecule has 0 aliphatic rings. The first-order valence-corrected chi connectivity index (χ1v) is 10.3. The van der Waals surface area contributed by atoms with Crippen LogP contribution in [0.5, 0.6) is 0 Å². The quantitative estimate of drug-likeness (QED) is 0.592. The maximum absolute atomic E-state index is 12.5. The molecular formula is C20H21N3O4S.